The fourth-order valence-electron chi connectivity index (χ4n) is 2.53. The maximum atomic E-state index is 13.1. The van der Waals surface area contributed by atoms with Gasteiger partial charge in [0.15, 0.2) is 5.82 Å². The maximum Gasteiger partial charge on any atom is 0.161 e. The standard InChI is InChI=1S/C16H19FN4/c1-11-12(2)19-15(13-3-5-14(17)6-4-13)20-16(11)21-9-7-18-8-10-21/h3-6,18H,7-10H2,1-2H3. The molecule has 0 bridgehead atoms. The van der Waals surface area contributed by atoms with E-state index in [1.807, 2.05) is 6.92 Å². The van der Waals surface area contributed by atoms with E-state index in [-0.39, 0.29) is 5.82 Å². The molecule has 1 fully saturated rings. The van der Waals surface area contributed by atoms with Crippen LogP contribution in [0, 0.1) is 19.7 Å². The van der Waals surface area contributed by atoms with Crippen molar-refractivity contribution >= 4 is 5.82 Å². The highest BCUT2D eigenvalue weighted by Gasteiger charge is 2.17. The van der Waals surface area contributed by atoms with Crippen LogP contribution in [0.5, 0.6) is 0 Å². The summed E-state index contributed by atoms with van der Waals surface area (Å²) in [5.41, 5.74) is 2.93. The van der Waals surface area contributed by atoms with Crippen LogP contribution in [0.2, 0.25) is 0 Å². The highest BCUT2D eigenvalue weighted by Crippen LogP contribution is 2.24. The van der Waals surface area contributed by atoms with Crippen molar-refractivity contribution in [3.63, 3.8) is 0 Å². The molecule has 21 heavy (non-hydrogen) atoms. The first-order chi connectivity index (χ1) is 10.1. The highest BCUT2D eigenvalue weighted by atomic mass is 19.1. The quantitative estimate of drug-likeness (QED) is 0.920. The molecule has 0 radical (unpaired) electrons. The van der Waals surface area contributed by atoms with Crippen LogP contribution in [-0.2, 0) is 0 Å². The molecule has 2 heterocycles. The molecule has 3 rings (SSSR count). The van der Waals surface area contributed by atoms with Crippen molar-refractivity contribution in [2.75, 3.05) is 31.1 Å². The third-order valence-corrected chi connectivity index (χ3v) is 3.88. The lowest BCUT2D eigenvalue weighted by Crippen LogP contribution is -2.44. The number of nitrogens with zero attached hydrogens (tertiary/aromatic N) is 3. The summed E-state index contributed by atoms with van der Waals surface area (Å²) in [6, 6.07) is 6.33. The summed E-state index contributed by atoms with van der Waals surface area (Å²) in [4.78, 5) is 11.6. The van der Waals surface area contributed by atoms with E-state index in [0.717, 1.165) is 48.8 Å². The van der Waals surface area contributed by atoms with E-state index in [9.17, 15) is 4.39 Å². The van der Waals surface area contributed by atoms with Crippen LogP contribution in [0.4, 0.5) is 10.2 Å². The van der Waals surface area contributed by atoms with Gasteiger partial charge in [-0.15, -0.1) is 0 Å². The molecule has 110 valence electrons. The second-order valence-electron chi connectivity index (χ2n) is 5.33. The van der Waals surface area contributed by atoms with E-state index in [1.54, 1.807) is 12.1 Å². The molecule has 0 atom stereocenters. The van der Waals surface area contributed by atoms with Crippen LogP contribution in [0.15, 0.2) is 24.3 Å². The lowest BCUT2D eigenvalue weighted by molar-refractivity contribution is 0.583. The number of nitrogens with one attached hydrogen (secondary N) is 1. The highest BCUT2D eigenvalue weighted by molar-refractivity contribution is 5.60. The Hall–Kier alpha value is -2.01. The number of hydrogen-bond donors (Lipinski definition) is 1. The Morgan fingerprint density at radius 1 is 1.05 bits per heavy atom. The second kappa shape index (κ2) is 5.77. The lowest BCUT2D eigenvalue weighted by atomic mass is 10.1. The summed E-state index contributed by atoms with van der Waals surface area (Å²) < 4.78 is 13.1. The predicted molar refractivity (Wildman–Crippen MR) is 82.0 cm³/mol. The van der Waals surface area contributed by atoms with Crippen molar-refractivity contribution in [2.24, 2.45) is 0 Å². The first-order valence-corrected chi connectivity index (χ1v) is 7.22. The number of piperazine rings is 1. The van der Waals surface area contributed by atoms with Gasteiger partial charge >= 0.3 is 0 Å². The molecule has 5 heteroatoms. The van der Waals surface area contributed by atoms with Gasteiger partial charge in [0.2, 0.25) is 0 Å². The van der Waals surface area contributed by atoms with Crippen molar-refractivity contribution in [1.29, 1.82) is 0 Å². The Morgan fingerprint density at radius 2 is 1.71 bits per heavy atom. The average molecular weight is 286 g/mol. The van der Waals surface area contributed by atoms with Crippen LogP contribution in [0.25, 0.3) is 11.4 Å². The average Bonchev–Trinajstić information content (AvgIpc) is 2.51. The normalized spacial score (nSPS) is 15.3. The van der Waals surface area contributed by atoms with Crippen LogP contribution in [-0.4, -0.2) is 36.1 Å². The summed E-state index contributed by atoms with van der Waals surface area (Å²) in [6.07, 6.45) is 0. The molecule has 1 aromatic heterocycles. The fourth-order valence-corrected chi connectivity index (χ4v) is 2.53. The molecule has 1 N–H and O–H groups in total. The summed E-state index contributed by atoms with van der Waals surface area (Å²) in [6.45, 7) is 7.87. The number of hydrogen-bond acceptors (Lipinski definition) is 4. The minimum atomic E-state index is -0.245. The van der Waals surface area contributed by atoms with E-state index in [2.05, 4.69) is 22.1 Å². The minimum absolute atomic E-state index is 0.245. The van der Waals surface area contributed by atoms with Gasteiger partial charge in [0.05, 0.1) is 0 Å². The monoisotopic (exact) mass is 286 g/mol. The third kappa shape index (κ3) is 2.88. The molecule has 2 aromatic rings. The molecule has 0 saturated carbocycles. The molecule has 0 amide bonds. The number of aryl methyl sites for hydroxylation is 1. The molecule has 0 spiro atoms. The minimum Gasteiger partial charge on any atom is -0.354 e. The smallest absolute Gasteiger partial charge is 0.161 e. The number of anilines is 1. The Morgan fingerprint density at radius 3 is 2.38 bits per heavy atom. The van der Waals surface area contributed by atoms with Crippen molar-refractivity contribution in [3.05, 3.63) is 41.3 Å². The van der Waals surface area contributed by atoms with Gasteiger partial charge in [0.25, 0.3) is 0 Å². The number of rotatable bonds is 2. The Bertz CT molecular complexity index is 633. The van der Waals surface area contributed by atoms with Gasteiger partial charge in [-0.1, -0.05) is 0 Å². The first-order valence-electron chi connectivity index (χ1n) is 7.22. The van der Waals surface area contributed by atoms with Crippen LogP contribution < -0.4 is 10.2 Å². The molecule has 0 unspecified atom stereocenters. The van der Waals surface area contributed by atoms with E-state index in [4.69, 9.17) is 4.98 Å². The zero-order chi connectivity index (χ0) is 14.8. The summed E-state index contributed by atoms with van der Waals surface area (Å²) in [5.74, 6) is 1.40. The second-order valence-corrected chi connectivity index (χ2v) is 5.33. The van der Waals surface area contributed by atoms with Crippen molar-refractivity contribution in [3.8, 4) is 11.4 Å². The molecule has 1 aliphatic rings. The first kappa shape index (κ1) is 13.9. The zero-order valence-corrected chi connectivity index (χ0v) is 12.4. The zero-order valence-electron chi connectivity index (χ0n) is 12.4. The Labute approximate surface area is 124 Å². The molecule has 1 aromatic carbocycles. The van der Waals surface area contributed by atoms with Gasteiger partial charge in [-0.25, -0.2) is 14.4 Å². The number of benzene rings is 1. The SMILES string of the molecule is Cc1nc(-c2ccc(F)cc2)nc(N2CCNCC2)c1C. The van der Waals surface area contributed by atoms with Gasteiger partial charge in [0, 0.05) is 43.0 Å². The topological polar surface area (TPSA) is 41.1 Å². The van der Waals surface area contributed by atoms with Crippen molar-refractivity contribution < 1.29 is 4.39 Å². The van der Waals surface area contributed by atoms with Gasteiger partial charge in [-0.2, -0.15) is 0 Å². The largest absolute Gasteiger partial charge is 0.354 e. The predicted octanol–water partition coefficient (Wildman–Crippen LogP) is 2.31. The van der Waals surface area contributed by atoms with Gasteiger partial charge < -0.3 is 10.2 Å². The molecular weight excluding hydrogens is 267 g/mol. The Balaban J connectivity index is 2.02. The number of halogens is 1. The van der Waals surface area contributed by atoms with Crippen LogP contribution >= 0.6 is 0 Å². The fraction of sp³-hybridized carbons (Fsp3) is 0.375. The van der Waals surface area contributed by atoms with Crippen molar-refractivity contribution in [2.45, 2.75) is 13.8 Å². The molecule has 1 aliphatic heterocycles. The molecule has 4 nitrogen and oxygen atoms in total. The lowest BCUT2D eigenvalue weighted by Gasteiger charge is -2.30. The van der Waals surface area contributed by atoms with E-state index < -0.39 is 0 Å². The maximum absolute atomic E-state index is 13.1. The van der Waals surface area contributed by atoms with Gasteiger partial charge in [-0.3, -0.25) is 0 Å². The molecule has 0 aliphatic carbocycles. The Kier molecular flexibility index (Phi) is 3.84. The van der Waals surface area contributed by atoms with Crippen LogP contribution in [0.1, 0.15) is 11.3 Å². The van der Waals surface area contributed by atoms with E-state index in [0.29, 0.717) is 5.82 Å². The summed E-state index contributed by atoms with van der Waals surface area (Å²) in [7, 11) is 0. The number of aromatic nitrogens is 2. The van der Waals surface area contributed by atoms with E-state index >= 15 is 0 Å². The summed E-state index contributed by atoms with van der Waals surface area (Å²) >= 11 is 0. The van der Waals surface area contributed by atoms with Crippen LogP contribution in [0.3, 0.4) is 0 Å². The summed E-state index contributed by atoms with van der Waals surface area (Å²) in [5, 5.41) is 3.34. The van der Waals surface area contributed by atoms with E-state index in [1.165, 1.54) is 12.1 Å². The molecule has 1 saturated heterocycles. The van der Waals surface area contributed by atoms with Gasteiger partial charge in [-0.05, 0) is 38.1 Å². The van der Waals surface area contributed by atoms with Crippen molar-refractivity contribution in [1.82, 2.24) is 15.3 Å². The third-order valence-electron chi connectivity index (χ3n) is 3.88. The molecular formula is C16H19FN4. The van der Waals surface area contributed by atoms with Gasteiger partial charge in [0.1, 0.15) is 11.6 Å².